The van der Waals surface area contributed by atoms with E-state index < -0.39 is 17.9 Å². The van der Waals surface area contributed by atoms with E-state index in [2.05, 4.69) is 22.8 Å². The number of likely N-dealkylation sites (tertiary alicyclic amines) is 1. The van der Waals surface area contributed by atoms with E-state index in [9.17, 15) is 19.2 Å². The lowest BCUT2D eigenvalue weighted by Crippen LogP contribution is -2.55. The summed E-state index contributed by atoms with van der Waals surface area (Å²) in [5.74, 6) is -1.65. The van der Waals surface area contributed by atoms with Crippen LogP contribution in [0.5, 0.6) is 0 Å². The second-order valence-corrected chi connectivity index (χ2v) is 10.6. The Labute approximate surface area is 208 Å². The molecule has 1 aromatic carbocycles. The van der Waals surface area contributed by atoms with Crippen LogP contribution in [0.25, 0.3) is 0 Å². The van der Waals surface area contributed by atoms with Gasteiger partial charge in [-0.25, -0.2) is 0 Å². The molecule has 3 unspecified atom stereocenters. The SMILES string of the molecule is CC[C@@H](C)C(=O)N[C@H]1CCCN(C(C)=O)C2CCC(C(=O)N[C@@H]3CCCc4ccccc43)C2C1=O. The van der Waals surface area contributed by atoms with Crippen molar-refractivity contribution in [3.05, 3.63) is 35.4 Å². The Morgan fingerprint density at radius 2 is 1.77 bits per heavy atom. The highest BCUT2D eigenvalue weighted by Gasteiger charge is 2.50. The third-order valence-corrected chi connectivity index (χ3v) is 8.39. The molecule has 1 aliphatic heterocycles. The monoisotopic (exact) mass is 481 g/mol. The Bertz CT molecular complexity index is 977. The molecule has 1 aromatic rings. The summed E-state index contributed by atoms with van der Waals surface area (Å²) in [5, 5.41) is 6.23. The van der Waals surface area contributed by atoms with Crippen molar-refractivity contribution in [2.45, 2.75) is 90.3 Å². The number of carbonyl (C=O) groups excluding carboxylic acids is 4. The standard InChI is InChI=1S/C28H39N3O4/c1-4-17(2)27(34)30-23-13-8-16-31(18(3)32)24-15-14-21(25(24)26(23)33)28(35)29-22-12-7-10-19-9-5-6-11-20(19)22/h5-6,9,11,17,21-25H,4,7-8,10,12-16H2,1-3H3,(H,29,35)(H,30,34)/t17-,21?,22-,23+,24?,25?/m1/s1. The molecule has 35 heavy (non-hydrogen) atoms. The van der Waals surface area contributed by atoms with Gasteiger partial charge in [-0.2, -0.15) is 0 Å². The molecule has 7 heteroatoms. The molecule has 0 bridgehead atoms. The van der Waals surface area contributed by atoms with Crippen LogP contribution >= 0.6 is 0 Å². The molecule has 3 aliphatic rings. The third-order valence-electron chi connectivity index (χ3n) is 8.39. The largest absolute Gasteiger partial charge is 0.349 e. The van der Waals surface area contributed by atoms with E-state index in [0.29, 0.717) is 38.6 Å². The fourth-order valence-electron chi connectivity index (χ4n) is 6.23. The number of aryl methyl sites for hydroxylation is 1. The van der Waals surface area contributed by atoms with Crippen molar-refractivity contribution in [2.24, 2.45) is 17.8 Å². The van der Waals surface area contributed by atoms with Gasteiger partial charge in [-0.15, -0.1) is 0 Å². The first-order chi connectivity index (χ1) is 16.8. The van der Waals surface area contributed by atoms with Crippen LogP contribution in [-0.2, 0) is 25.6 Å². The summed E-state index contributed by atoms with van der Waals surface area (Å²) < 4.78 is 0. The molecule has 7 nitrogen and oxygen atoms in total. The van der Waals surface area contributed by atoms with E-state index in [-0.39, 0.29) is 41.5 Å². The lowest BCUT2D eigenvalue weighted by atomic mass is 9.81. The van der Waals surface area contributed by atoms with Gasteiger partial charge < -0.3 is 15.5 Å². The lowest BCUT2D eigenvalue weighted by molar-refractivity contribution is -0.142. The summed E-state index contributed by atoms with van der Waals surface area (Å²) >= 11 is 0. The molecule has 3 amide bonds. The number of amides is 3. The Hall–Kier alpha value is -2.70. The van der Waals surface area contributed by atoms with Crippen molar-refractivity contribution in [3.63, 3.8) is 0 Å². The molecule has 2 N–H and O–H groups in total. The van der Waals surface area contributed by atoms with Gasteiger partial charge in [0.15, 0.2) is 5.78 Å². The second kappa shape index (κ2) is 10.9. The van der Waals surface area contributed by atoms with Crippen LogP contribution in [0.1, 0.15) is 82.9 Å². The first-order valence-electron chi connectivity index (χ1n) is 13.3. The highest BCUT2D eigenvalue weighted by molar-refractivity contribution is 5.96. The van der Waals surface area contributed by atoms with Gasteiger partial charge in [-0.05, 0) is 62.5 Å². The molecular formula is C28H39N3O4. The highest BCUT2D eigenvalue weighted by atomic mass is 16.2. The number of hydrogen-bond donors (Lipinski definition) is 2. The molecule has 1 saturated heterocycles. The number of rotatable bonds is 5. The number of fused-ring (bicyclic) bond motifs is 2. The van der Waals surface area contributed by atoms with E-state index in [4.69, 9.17) is 0 Å². The number of carbonyl (C=O) groups is 4. The topological polar surface area (TPSA) is 95.6 Å². The summed E-state index contributed by atoms with van der Waals surface area (Å²) in [6.45, 7) is 5.89. The Morgan fingerprint density at radius 3 is 2.51 bits per heavy atom. The Morgan fingerprint density at radius 1 is 1.03 bits per heavy atom. The van der Waals surface area contributed by atoms with Crippen molar-refractivity contribution < 1.29 is 19.2 Å². The van der Waals surface area contributed by atoms with Crippen LogP contribution in [-0.4, -0.2) is 47.0 Å². The molecule has 2 fully saturated rings. The first-order valence-corrected chi connectivity index (χ1v) is 13.3. The average Bonchev–Trinajstić information content (AvgIpc) is 3.28. The summed E-state index contributed by atoms with van der Waals surface area (Å²) in [4.78, 5) is 54.4. The molecule has 190 valence electrons. The summed E-state index contributed by atoms with van der Waals surface area (Å²) in [7, 11) is 0. The van der Waals surface area contributed by atoms with E-state index >= 15 is 0 Å². The molecule has 4 rings (SSSR count). The van der Waals surface area contributed by atoms with Crippen LogP contribution in [0.15, 0.2) is 24.3 Å². The molecular weight excluding hydrogens is 442 g/mol. The fraction of sp³-hybridized carbons (Fsp3) is 0.643. The van der Waals surface area contributed by atoms with Gasteiger partial charge in [-0.3, -0.25) is 19.2 Å². The molecule has 0 spiro atoms. The van der Waals surface area contributed by atoms with Crippen molar-refractivity contribution in [3.8, 4) is 0 Å². The van der Waals surface area contributed by atoms with Crippen LogP contribution in [0, 0.1) is 17.8 Å². The fourth-order valence-corrected chi connectivity index (χ4v) is 6.23. The normalized spacial score (nSPS) is 29.3. The maximum atomic E-state index is 13.9. The van der Waals surface area contributed by atoms with E-state index in [1.54, 1.807) is 4.90 Å². The smallest absolute Gasteiger partial charge is 0.224 e. The molecule has 0 aromatic heterocycles. The number of Topliss-reactive ketones (excluding diaryl/α,β-unsaturated/α-hetero) is 1. The van der Waals surface area contributed by atoms with Crippen LogP contribution in [0.3, 0.4) is 0 Å². The summed E-state index contributed by atoms with van der Waals surface area (Å²) in [6.07, 6.45) is 5.93. The predicted octanol–water partition coefficient (Wildman–Crippen LogP) is 3.32. The van der Waals surface area contributed by atoms with Crippen LogP contribution < -0.4 is 10.6 Å². The summed E-state index contributed by atoms with van der Waals surface area (Å²) in [5.41, 5.74) is 2.43. The number of nitrogens with zero attached hydrogens (tertiary/aromatic N) is 1. The number of ketones is 1. The van der Waals surface area contributed by atoms with E-state index in [1.165, 1.54) is 12.5 Å². The number of hydrogen-bond acceptors (Lipinski definition) is 4. The van der Waals surface area contributed by atoms with Gasteiger partial charge in [0.1, 0.15) is 0 Å². The first kappa shape index (κ1) is 25.4. The van der Waals surface area contributed by atoms with Gasteiger partial charge in [0.05, 0.1) is 18.0 Å². The minimum Gasteiger partial charge on any atom is -0.349 e. The maximum Gasteiger partial charge on any atom is 0.224 e. The predicted molar refractivity (Wildman–Crippen MR) is 133 cm³/mol. The van der Waals surface area contributed by atoms with Gasteiger partial charge >= 0.3 is 0 Å². The number of nitrogens with one attached hydrogen (secondary N) is 2. The van der Waals surface area contributed by atoms with Crippen LogP contribution in [0.4, 0.5) is 0 Å². The molecule has 1 saturated carbocycles. The maximum absolute atomic E-state index is 13.9. The molecule has 1 heterocycles. The zero-order valence-corrected chi connectivity index (χ0v) is 21.2. The van der Waals surface area contributed by atoms with Crippen molar-refractivity contribution in [2.75, 3.05) is 6.54 Å². The van der Waals surface area contributed by atoms with E-state index in [0.717, 1.165) is 24.8 Å². The second-order valence-electron chi connectivity index (χ2n) is 10.6. The van der Waals surface area contributed by atoms with Gasteiger partial charge in [-0.1, -0.05) is 38.1 Å². The third kappa shape index (κ3) is 5.29. The Kier molecular flexibility index (Phi) is 7.92. The van der Waals surface area contributed by atoms with Gasteiger partial charge in [0, 0.05) is 31.3 Å². The van der Waals surface area contributed by atoms with Gasteiger partial charge in [0.25, 0.3) is 0 Å². The molecule has 6 atom stereocenters. The van der Waals surface area contributed by atoms with Gasteiger partial charge in [0.2, 0.25) is 17.7 Å². The minimum atomic E-state index is -0.609. The van der Waals surface area contributed by atoms with Crippen molar-refractivity contribution in [1.82, 2.24) is 15.5 Å². The van der Waals surface area contributed by atoms with Crippen molar-refractivity contribution >= 4 is 23.5 Å². The van der Waals surface area contributed by atoms with Crippen molar-refractivity contribution in [1.29, 1.82) is 0 Å². The Balaban J connectivity index is 1.57. The summed E-state index contributed by atoms with van der Waals surface area (Å²) in [6, 6.07) is 7.27. The van der Waals surface area contributed by atoms with E-state index in [1.807, 2.05) is 26.0 Å². The minimum absolute atomic E-state index is 0.0556. The number of benzene rings is 1. The average molecular weight is 482 g/mol. The quantitative estimate of drug-likeness (QED) is 0.674. The lowest BCUT2D eigenvalue weighted by Gasteiger charge is -2.38. The molecule has 0 radical (unpaired) electrons. The van der Waals surface area contributed by atoms with Crippen LogP contribution in [0.2, 0.25) is 0 Å². The zero-order chi connectivity index (χ0) is 25.1. The molecule has 2 aliphatic carbocycles. The zero-order valence-electron chi connectivity index (χ0n) is 21.2. The highest BCUT2D eigenvalue weighted by Crippen LogP contribution is 2.40.